The Labute approximate surface area is 122 Å². The van der Waals surface area contributed by atoms with Gasteiger partial charge < -0.3 is 0 Å². The molecule has 6 heteroatoms. The molecule has 6 nitrogen and oxygen atoms in total. The van der Waals surface area contributed by atoms with Crippen LogP contribution in [0.4, 0.5) is 5.69 Å². The lowest BCUT2D eigenvalue weighted by molar-refractivity contribution is -0.385. The zero-order valence-corrected chi connectivity index (χ0v) is 12.2. The van der Waals surface area contributed by atoms with Crippen molar-refractivity contribution in [1.29, 1.82) is 0 Å². The predicted molar refractivity (Wildman–Crippen MR) is 79.3 cm³/mol. The standard InChI is InChI=1S/C15H17N3O3/c1-10(2)7-17-8-12(9-19)15(16-17)13-5-4-6-14(11(13)3)18(20)21/h4-6,8-10H,7H2,1-3H3. The van der Waals surface area contributed by atoms with Crippen LogP contribution >= 0.6 is 0 Å². The van der Waals surface area contributed by atoms with E-state index in [0.717, 1.165) is 6.29 Å². The first-order chi connectivity index (χ1) is 9.93. The molecule has 2 rings (SSSR count). The van der Waals surface area contributed by atoms with Crippen LogP contribution in [0.25, 0.3) is 11.3 Å². The lowest BCUT2D eigenvalue weighted by Crippen LogP contribution is -2.04. The first-order valence-corrected chi connectivity index (χ1v) is 6.71. The number of aldehydes is 1. The van der Waals surface area contributed by atoms with E-state index in [1.54, 1.807) is 29.9 Å². The van der Waals surface area contributed by atoms with E-state index in [0.29, 0.717) is 34.8 Å². The van der Waals surface area contributed by atoms with Gasteiger partial charge in [0.25, 0.3) is 5.69 Å². The van der Waals surface area contributed by atoms with Crippen molar-refractivity contribution in [3.63, 3.8) is 0 Å². The van der Waals surface area contributed by atoms with Crippen LogP contribution in [0.5, 0.6) is 0 Å². The molecule has 0 aliphatic heterocycles. The van der Waals surface area contributed by atoms with Crippen molar-refractivity contribution in [2.24, 2.45) is 5.92 Å². The Hall–Kier alpha value is -2.50. The quantitative estimate of drug-likeness (QED) is 0.480. The van der Waals surface area contributed by atoms with Gasteiger partial charge in [0.2, 0.25) is 0 Å². The third-order valence-corrected chi connectivity index (χ3v) is 3.23. The number of nitro benzene ring substituents is 1. The van der Waals surface area contributed by atoms with Gasteiger partial charge in [-0.25, -0.2) is 0 Å². The fraction of sp³-hybridized carbons (Fsp3) is 0.333. The molecule has 0 fully saturated rings. The summed E-state index contributed by atoms with van der Waals surface area (Å²) in [5.74, 6) is 0.392. The lowest BCUT2D eigenvalue weighted by atomic mass is 10.0. The molecule has 0 saturated heterocycles. The summed E-state index contributed by atoms with van der Waals surface area (Å²) in [7, 11) is 0. The number of hydrogen-bond acceptors (Lipinski definition) is 4. The number of carbonyl (C=O) groups excluding carboxylic acids is 1. The Bertz CT molecular complexity index is 689. The SMILES string of the molecule is Cc1c(-c2nn(CC(C)C)cc2C=O)cccc1[N+](=O)[O-]. The molecule has 0 radical (unpaired) electrons. The first-order valence-electron chi connectivity index (χ1n) is 6.71. The van der Waals surface area contributed by atoms with E-state index in [-0.39, 0.29) is 5.69 Å². The Morgan fingerprint density at radius 3 is 2.71 bits per heavy atom. The van der Waals surface area contributed by atoms with Crippen LogP contribution in [0.2, 0.25) is 0 Å². The van der Waals surface area contributed by atoms with E-state index in [4.69, 9.17) is 0 Å². The summed E-state index contributed by atoms with van der Waals surface area (Å²) in [5.41, 5.74) is 2.10. The molecule has 0 aliphatic carbocycles. The number of nitro groups is 1. The van der Waals surface area contributed by atoms with Crippen LogP contribution in [0.15, 0.2) is 24.4 Å². The highest BCUT2D eigenvalue weighted by atomic mass is 16.6. The highest BCUT2D eigenvalue weighted by Crippen LogP contribution is 2.30. The van der Waals surface area contributed by atoms with Gasteiger partial charge in [0.05, 0.1) is 10.5 Å². The van der Waals surface area contributed by atoms with Crippen LogP contribution in [-0.4, -0.2) is 21.0 Å². The Balaban J connectivity index is 2.56. The molecule has 0 aliphatic rings. The molecular weight excluding hydrogens is 270 g/mol. The van der Waals surface area contributed by atoms with Gasteiger partial charge in [-0.3, -0.25) is 19.6 Å². The molecule has 0 amide bonds. The van der Waals surface area contributed by atoms with Crippen LogP contribution in [-0.2, 0) is 6.54 Å². The van der Waals surface area contributed by atoms with Gasteiger partial charge in [-0.05, 0) is 12.8 Å². The zero-order valence-electron chi connectivity index (χ0n) is 12.2. The summed E-state index contributed by atoms with van der Waals surface area (Å²) in [6, 6.07) is 4.80. The molecule has 0 N–H and O–H groups in total. The second-order valence-electron chi connectivity index (χ2n) is 5.37. The summed E-state index contributed by atoms with van der Waals surface area (Å²) in [5, 5.41) is 15.4. The molecule has 0 saturated carbocycles. The predicted octanol–water partition coefficient (Wildman–Crippen LogP) is 3.24. The number of nitrogens with zero attached hydrogens (tertiary/aromatic N) is 3. The molecule has 1 heterocycles. The van der Waals surface area contributed by atoms with Crippen molar-refractivity contribution in [2.75, 3.05) is 0 Å². The van der Waals surface area contributed by atoms with Gasteiger partial charge >= 0.3 is 0 Å². The molecular formula is C15H17N3O3. The van der Waals surface area contributed by atoms with Gasteiger partial charge in [-0.1, -0.05) is 26.0 Å². The monoisotopic (exact) mass is 287 g/mol. The summed E-state index contributed by atoms with van der Waals surface area (Å²) in [6.45, 7) is 6.47. The number of rotatable bonds is 5. The fourth-order valence-corrected chi connectivity index (χ4v) is 2.28. The molecule has 0 unspecified atom stereocenters. The van der Waals surface area contributed by atoms with E-state index in [2.05, 4.69) is 18.9 Å². The number of hydrogen-bond donors (Lipinski definition) is 0. The minimum Gasteiger partial charge on any atom is -0.298 e. The number of benzene rings is 1. The van der Waals surface area contributed by atoms with E-state index in [1.165, 1.54) is 6.07 Å². The van der Waals surface area contributed by atoms with Crippen molar-refractivity contribution in [3.8, 4) is 11.3 Å². The van der Waals surface area contributed by atoms with Crippen molar-refractivity contribution < 1.29 is 9.72 Å². The van der Waals surface area contributed by atoms with Crippen molar-refractivity contribution in [2.45, 2.75) is 27.3 Å². The molecule has 0 atom stereocenters. The molecule has 110 valence electrons. The third kappa shape index (κ3) is 2.99. The first kappa shape index (κ1) is 14.9. The minimum atomic E-state index is -0.426. The van der Waals surface area contributed by atoms with Crippen LogP contribution in [0.3, 0.4) is 0 Å². The van der Waals surface area contributed by atoms with Gasteiger partial charge in [-0.15, -0.1) is 0 Å². The van der Waals surface area contributed by atoms with Gasteiger partial charge in [0.15, 0.2) is 6.29 Å². The van der Waals surface area contributed by atoms with E-state index >= 15 is 0 Å². The van der Waals surface area contributed by atoms with Crippen LogP contribution in [0, 0.1) is 23.0 Å². The topological polar surface area (TPSA) is 78.0 Å². The zero-order chi connectivity index (χ0) is 15.6. The minimum absolute atomic E-state index is 0.0303. The summed E-state index contributed by atoms with van der Waals surface area (Å²) in [4.78, 5) is 21.8. The Morgan fingerprint density at radius 1 is 1.43 bits per heavy atom. The number of aromatic nitrogens is 2. The maximum absolute atomic E-state index is 11.2. The highest BCUT2D eigenvalue weighted by molar-refractivity contribution is 5.87. The average Bonchev–Trinajstić information content (AvgIpc) is 2.80. The molecule has 21 heavy (non-hydrogen) atoms. The van der Waals surface area contributed by atoms with Crippen molar-refractivity contribution in [1.82, 2.24) is 9.78 Å². The molecule has 0 bridgehead atoms. The van der Waals surface area contributed by atoms with Crippen LogP contribution in [0.1, 0.15) is 29.8 Å². The van der Waals surface area contributed by atoms with Crippen molar-refractivity contribution >= 4 is 12.0 Å². The lowest BCUT2D eigenvalue weighted by Gasteiger charge is -2.05. The maximum atomic E-state index is 11.2. The number of carbonyl (C=O) groups is 1. The average molecular weight is 287 g/mol. The highest BCUT2D eigenvalue weighted by Gasteiger charge is 2.19. The second kappa shape index (κ2) is 5.87. The van der Waals surface area contributed by atoms with Gasteiger partial charge in [0, 0.05) is 29.9 Å². The van der Waals surface area contributed by atoms with E-state index in [9.17, 15) is 14.9 Å². The van der Waals surface area contributed by atoms with Gasteiger partial charge in [-0.2, -0.15) is 5.10 Å². The second-order valence-corrected chi connectivity index (χ2v) is 5.37. The maximum Gasteiger partial charge on any atom is 0.272 e. The smallest absolute Gasteiger partial charge is 0.272 e. The summed E-state index contributed by atoms with van der Waals surface area (Å²) in [6.07, 6.45) is 2.41. The summed E-state index contributed by atoms with van der Waals surface area (Å²) >= 11 is 0. The van der Waals surface area contributed by atoms with E-state index in [1.807, 2.05) is 0 Å². The molecule has 1 aromatic carbocycles. The Kier molecular flexibility index (Phi) is 4.16. The van der Waals surface area contributed by atoms with Gasteiger partial charge in [0.1, 0.15) is 5.69 Å². The molecule has 2 aromatic rings. The summed E-state index contributed by atoms with van der Waals surface area (Å²) < 4.78 is 1.71. The molecule has 0 spiro atoms. The normalized spacial score (nSPS) is 10.9. The third-order valence-electron chi connectivity index (χ3n) is 3.23. The van der Waals surface area contributed by atoms with Crippen molar-refractivity contribution in [3.05, 3.63) is 45.6 Å². The van der Waals surface area contributed by atoms with Crippen LogP contribution < -0.4 is 0 Å². The Morgan fingerprint density at radius 2 is 2.14 bits per heavy atom. The van der Waals surface area contributed by atoms with E-state index < -0.39 is 4.92 Å². The fourth-order valence-electron chi connectivity index (χ4n) is 2.28. The largest absolute Gasteiger partial charge is 0.298 e. The molecule has 1 aromatic heterocycles.